The van der Waals surface area contributed by atoms with Crippen LogP contribution in [0.5, 0.6) is 0 Å². The number of anilines is 1. The molecule has 0 amide bonds. The summed E-state index contributed by atoms with van der Waals surface area (Å²) >= 11 is 0. The minimum absolute atomic E-state index is 0.804. The summed E-state index contributed by atoms with van der Waals surface area (Å²) in [6.07, 6.45) is 2.79. The second kappa shape index (κ2) is 2.52. The van der Waals surface area contributed by atoms with Crippen molar-refractivity contribution < 1.29 is 0 Å². The van der Waals surface area contributed by atoms with Gasteiger partial charge in [0, 0.05) is 6.20 Å². The van der Waals surface area contributed by atoms with E-state index < -0.39 is 0 Å². The lowest BCUT2D eigenvalue weighted by Gasteiger charge is -1.90. The minimum Gasteiger partial charge on any atom is -0.395 e. The quantitative estimate of drug-likeness (QED) is 0.688. The fourth-order valence-corrected chi connectivity index (χ4v) is 1.33. The molecule has 2 aromatic rings. The molecule has 0 atom stereocenters. The third-order valence-electron chi connectivity index (χ3n) is 1.99. The Hall–Kier alpha value is -1.51. The van der Waals surface area contributed by atoms with Crippen molar-refractivity contribution in [1.29, 1.82) is 0 Å². The number of rotatable bonds is 1. The highest BCUT2D eigenvalue weighted by molar-refractivity contribution is 5.71. The molecule has 0 spiro atoms. The van der Waals surface area contributed by atoms with E-state index in [1.165, 1.54) is 0 Å². The molecule has 2 rings (SSSR count). The van der Waals surface area contributed by atoms with Crippen molar-refractivity contribution in [2.75, 3.05) is 5.73 Å². The van der Waals surface area contributed by atoms with Crippen LogP contribution in [0.2, 0.25) is 0 Å². The maximum atomic E-state index is 5.87. The number of aromatic nitrogens is 2. The first kappa shape index (κ1) is 7.16. The lowest BCUT2D eigenvalue weighted by Crippen LogP contribution is -1.88. The fourth-order valence-electron chi connectivity index (χ4n) is 1.33. The van der Waals surface area contributed by atoms with Crippen molar-refractivity contribution >= 4 is 11.2 Å². The van der Waals surface area contributed by atoms with Crippen molar-refractivity contribution in [3.8, 4) is 0 Å². The molecule has 62 valence electrons. The first-order valence-corrected chi connectivity index (χ1v) is 4.04. The highest BCUT2D eigenvalue weighted by Gasteiger charge is 2.05. The van der Waals surface area contributed by atoms with Gasteiger partial charge in [0.25, 0.3) is 0 Å². The first-order valence-electron chi connectivity index (χ1n) is 4.04. The Morgan fingerprint density at radius 2 is 2.33 bits per heavy atom. The van der Waals surface area contributed by atoms with E-state index >= 15 is 0 Å². The van der Waals surface area contributed by atoms with Gasteiger partial charge in [-0.3, -0.25) is 0 Å². The maximum absolute atomic E-state index is 5.87. The second-order valence-electron chi connectivity index (χ2n) is 2.74. The Morgan fingerprint density at radius 1 is 1.50 bits per heavy atom. The molecule has 0 aliphatic rings. The van der Waals surface area contributed by atoms with Crippen LogP contribution in [-0.4, -0.2) is 9.61 Å². The largest absolute Gasteiger partial charge is 0.395 e. The molecule has 0 unspecified atom stereocenters. The highest BCUT2D eigenvalue weighted by Crippen LogP contribution is 2.17. The molecular weight excluding hydrogens is 150 g/mol. The van der Waals surface area contributed by atoms with Crippen LogP contribution in [0.4, 0.5) is 5.69 Å². The van der Waals surface area contributed by atoms with Gasteiger partial charge in [-0.25, -0.2) is 4.52 Å². The van der Waals surface area contributed by atoms with Crippen LogP contribution in [0, 0.1) is 0 Å². The summed E-state index contributed by atoms with van der Waals surface area (Å²) in [7, 11) is 0. The first-order chi connectivity index (χ1) is 5.83. The minimum atomic E-state index is 0.804. The van der Waals surface area contributed by atoms with Gasteiger partial charge in [-0.1, -0.05) is 13.0 Å². The number of nitrogen functional groups attached to an aromatic ring is 1. The average Bonchev–Trinajstić information content (AvgIpc) is 2.44. The Balaban J connectivity index is 2.78. The van der Waals surface area contributed by atoms with E-state index in [4.69, 9.17) is 5.73 Å². The number of aryl methyl sites for hydroxylation is 1. The normalized spacial score (nSPS) is 10.8. The number of nitrogens with two attached hydrogens (primary N) is 1. The van der Waals surface area contributed by atoms with Gasteiger partial charge in [0.15, 0.2) is 0 Å². The maximum Gasteiger partial charge on any atom is 0.0894 e. The molecular formula is C9H11N3. The number of nitrogens with zero attached hydrogens (tertiary/aromatic N) is 2. The smallest absolute Gasteiger partial charge is 0.0894 e. The van der Waals surface area contributed by atoms with Gasteiger partial charge in [0.1, 0.15) is 0 Å². The highest BCUT2D eigenvalue weighted by atomic mass is 15.2. The molecule has 2 aromatic heterocycles. The van der Waals surface area contributed by atoms with E-state index in [9.17, 15) is 0 Å². The van der Waals surface area contributed by atoms with Crippen molar-refractivity contribution in [3.63, 3.8) is 0 Å². The summed E-state index contributed by atoms with van der Waals surface area (Å²) in [5.41, 5.74) is 8.64. The lowest BCUT2D eigenvalue weighted by atomic mass is 10.2. The van der Waals surface area contributed by atoms with Crippen molar-refractivity contribution in [1.82, 2.24) is 9.61 Å². The summed E-state index contributed by atoms with van der Waals surface area (Å²) in [6, 6.07) is 5.88. The molecule has 3 heteroatoms. The van der Waals surface area contributed by atoms with Gasteiger partial charge in [0.05, 0.1) is 16.9 Å². The zero-order chi connectivity index (χ0) is 8.55. The summed E-state index contributed by atoms with van der Waals surface area (Å²) in [5, 5.41) is 4.32. The van der Waals surface area contributed by atoms with Gasteiger partial charge < -0.3 is 5.73 Å². The van der Waals surface area contributed by atoms with Gasteiger partial charge >= 0.3 is 0 Å². The van der Waals surface area contributed by atoms with E-state index in [0.717, 1.165) is 23.3 Å². The molecule has 3 nitrogen and oxygen atoms in total. The third kappa shape index (κ3) is 0.863. The third-order valence-corrected chi connectivity index (χ3v) is 1.99. The summed E-state index contributed by atoms with van der Waals surface area (Å²) in [5.74, 6) is 0. The zero-order valence-corrected chi connectivity index (χ0v) is 6.99. The van der Waals surface area contributed by atoms with E-state index in [1.807, 2.05) is 28.9 Å². The number of fused-ring (bicyclic) bond motifs is 1. The van der Waals surface area contributed by atoms with E-state index in [2.05, 4.69) is 12.0 Å². The Labute approximate surface area is 70.8 Å². The fraction of sp³-hybridized carbons (Fsp3) is 0.222. The second-order valence-corrected chi connectivity index (χ2v) is 2.74. The van der Waals surface area contributed by atoms with E-state index in [-0.39, 0.29) is 0 Å². The van der Waals surface area contributed by atoms with Crippen LogP contribution >= 0.6 is 0 Å². The predicted molar refractivity (Wildman–Crippen MR) is 49.0 cm³/mol. The molecule has 0 saturated carbocycles. The molecule has 0 aliphatic carbocycles. The molecule has 0 aliphatic heterocycles. The molecule has 12 heavy (non-hydrogen) atoms. The summed E-state index contributed by atoms with van der Waals surface area (Å²) in [4.78, 5) is 0. The average molecular weight is 161 g/mol. The Bertz CT molecular complexity index is 403. The molecule has 0 aromatic carbocycles. The van der Waals surface area contributed by atoms with Crippen LogP contribution in [0.25, 0.3) is 5.52 Å². The monoisotopic (exact) mass is 161 g/mol. The number of pyridine rings is 1. The molecule has 2 N–H and O–H groups in total. The lowest BCUT2D eigenvalue weighted by molar-refractivity contribution is 0.899. The Kier molecular flexibility index (Phi) is 1.50. The summed E-state index contributed by atoms with van der Waals surface area (Å²) < 4.78 is 1.81. The molecule has 2 heterocycles. The van der Waals surface area contributed by atoms with Crippen LogP contribution in [0.15, 0.2) is 24.4 Å². The molecule has 0 fully saturated rings. The van der Waals surface area contributed by atoms with E-state index in [1.54, 1.807) is 0 Å². The van der Waals surface area contributed by atoms with Crippen LogP contribution in [0.1, 0.15) is 12.6 Å². The van der Waals surface area contributed by atoms with Gasteiger partial charge in [0.2, 0.25) is 0 Å². The predicted octanol–water partition coefficient (Wildman–Crippen LogP) is 1.48. The van der Waals surface area contributed by atoms with Gasteiger partial charge in [-0.2, -0.15) is 5.10 Å². The summed E-state index contributed by atoms with van der Waals surface area (Å²) in [6.45, 7) is 2.05. The van der Waals surface area contributed by atoms with Gasteiger partial charge in [-0.15, -0.1) is 0 Å². The van der Waals surface area contributed by atoms with Crippen LogP contribution in [0.3, 0.4) is 0 Å². The van der Waals surface area contributed by atoms with Crippen LogP contribution < -0.4 is 5.73 Å². The van der Waals surface area contributed by atoms with Gasteiger partial charge in [-0.05, 0) is 18.6 Å². The van der Waals surface area contributed by atoms with Crippen molar-refractivity contribution in [2.45, 2.75) is 13.3 Å². The number of hydrogen-bond acceptors (Lipinski definition) is 2. The zero-order valence-electron chi connectivity index (χ0n) is 6.99. The van der Waals surface area contributed by atoms with E-state index in [0.29, 0.717) is 0 Å². The SMILES string of the molecule is CCc1nn2ccccc2c1N. The van der Waals surface area contributed by atoms with Crippen molar-refractivity contribution in [2.24, 2.45) is 0 Å². The topological polar surface area (TPSA) is 43.3 Å². The molecule has 0 bridgehead atoms. The Morgan fingerprint density at radius 3 is 3.00 bits per heavy atom. The van der Waals surface area contributed by atoms with Crippen molar-refractivity contribution in [3.05, 3.63) is 30.1 Å². The molecule has 0 saturated heterocycles. The standard InChI is InChI=1S/C9H11N3/c1-2-7-9(10)8-5-3-4-6-12(8)11-7/h3-6H,2,10H2,1H3. The number of hydrogen-bond donors (Lipinski definition) is 1. The molecule has 0 radical (unpaired) electrons. The van der Waals surface area contributed by atoms with Crippen LogP contribution in [-0.2, 0) is 6.42 Å².